The molecular weight excluding hydrogens is 283 g/mol. The smallest absolute Gasteiger partial charge is 0.123 e. The fourth-order valence-corrected chi connectivity index (χ4v) is 3.31. The summed E-state index contributed by atoms with van der Waals surface area (Å²) in [5, 5.41) is 5.43. The lowest BCUT2D eigenvalue weighted by Gasteiger charge is -2.27. The van der Waals surface area contributed by atoms with Gasteiger partial charge in [0.25, 0.3) is 0 Å². The lowest BCUT2D eigenvalue weighted by molar-refractivity contribution is 0.620. The number of hydrogen-bond donors (Lipinski definition) is 1. The molecule has 1 fully saturated rings. The van der Waals surface area contributed by atoms with Crippen molar-refractivity contribution in [2.75, 3.05) is 11.4 Å². The van der Waals surface area contributed by atoms with Gasteiger partial charge in [-0.2, -0.15) is 0 Å². The molecule has 1 aliphatic carbocycles. The third-order valence-corrected chi connectivity index (χ3v) is 4.67. The molecule has 112 valence electrons. The molecule has 0 amide bonds. The lowest BCUT2D eigenvalue weighted by Crippen LogP contribution is -2.27. The number of rotatable bonds is 7. The number of hydrogen-bond acceptors (Lipinski definition) is 3. The van der Waals surface area contributed by atoms with Crippen molar-refractivity contribution in [2.45, 2.75) is 38.9 Å². The maximum Gasteiger partial charge on any atom is 0.123 e. The highest BCUT2D eigenvalue weighted by molar-refractivity contribution is 7.09. The SMILES string of the molecule is CCNCc1cc(F)ccc1N(Cc1cccs1)C1CC1. The van der Waals surface area contributed by atoms with E-state index in [0.717, 1.165) is 25.2 Å². The number of thiophene rings is 1. The van der Waals surface area contributed by atoms with Crippen LogP contribution in [0.3, 0.4) is 0 Å². The van der Waals surface area contributed by atoms with E-state index in [-0.39, 0.29) is 5.82 Å². The van der Waals surface area contributed by atoms with Crippen LogP contribution in [0.1, 0.15) is 30.2 Å². The molecule has 21 heavy (non-hydrogen) atoms. The van der Waals surface area contributed by atoms with Crippen LogP contribution in [0.2, 0.25) is 0 Å². The maximum atomic E-state index is 13.6. The molecule has 2 aromatic rings. The monoisotopic (exact) mass is 304 g/mol. The van der Waals surface area contributed by atoms with E-state index in [1.54, 1.807) is 23.5 Å². The molecule has 0 atom stereocenters. The average molecular weight is 304 g/mol. The summed E-state index contributed by atoms with van der Waals surface area (Å²) in [6.45, 7) is 4.61. The quantitative estimate of drug-likeness (QED) is 0.826. The van der Waals surface area contributed by atoms with Crippen molar-refractivity contribution in [3.63, 3.8) is 0 Å². The summed E-state index contributed by atoms with van der Waals surface area (Å²) in [6.07, 6.45) is 2.48. The van der Waals surface area contributed by atoms with E-state index in [9.17, 15) is 4.39 Å². The van der Waals surface area contributed by atoms with Crippen LogP contribution in [0.5, 0.6) is 0 Å². The van der Waals surface area contributed by atoms with Gasteiger partial charge in [0.2, 0.25) is 0 Å². The Labute approximate surface area is 129 Å². The predicted molar refractivity (Wildman–Crippen MR) is 87.3 cm³/mol. The van der Waals surface area contributed by atoms with Crippen LogP contribution in [0.15, 0.2) is 35.7 Å². The Morgan fingerprint density at radius 2 is 2.19 bits per heavy atom. The van der Waals surface area contributed by atoms with Gasteiger partial charge < -0.3 is 10.2 Å². The summed E-state index contributed by atoms with van der Waals surface area (Å²) in [4.78, 5) is 3.80. The number of nitrogens with one attached hydrogen (secondary N) is 1. The van der Waals surface area contributed by atoms with Crippen molar-refractivity contribution in [2.24, 2.45) is 0 Å². The Morgan fingerprint density at radius 3 is 2.86 bits per heavy atom. The minimum atomic E-state index is -0.154. The van der Waals surface area contributed by atoms with E-state index in [4.69, 9.17) is 0 Å². The predicted octanol–water partition coefficient (Wildman–Crippen LogP) is 4.17. The molecule has 3 rings (SSSR count). The molecule has 1 aromatic carbocycles. The highest BCUT2D eigenvalue weighted by atomic mass is 32.1. The van der Waals surface area contributed by atoms with Crippen molar-refractivity contribution < 1.29 is 4.39 Å². The number of halogens is 1. The minimum Gasteiger partial charge on any atom is -0.363 e. The second-order valence-electron chi connectivity index (χ2n) is 5.49. The van der Waals surface area contributed by atoms with Gasteiger partial charge >= 0.3 is 0 Å². The van der Waals surface area contributed by atoms with E-state index in [1.165, 1.54) is 23.4 Å². The van der Waals surface area contributed by atoms with Crippen LogP contribution in [0.4, 0.5) is 10.1 Å². The maximum absolute atomic E-state index is 13.6. The van der Waals surface area contributed by atoms with Gasteiger partial charge in [0.05, 0.1) is 6.54 Å². The molecule has 0 spiro atoms. The van der Waals surface area contributed by atoms with Crippen molar-refractivity contribution in [1.82, 2.24) is 5.32 Å². The molecule has 1 heterocycles. The van der Waals surface area contributed by atoms with E-state index in [0.29, 0.717) is 6.04 Å². The molecule has 0 saturated heterocycles. The topological polar surface area (TPSA) is 15.3 Å². The van der Waals surface area contributed by atoms with E-state index < -0.39 is 0 Å². The van der Waals surface area contributed by atoms with Gasteiger partial charge in [-0.3, -0.25) is 0 Å². The van der Waals surface area contributed by atoms with Gasteiger partial charge in [-0.05, 0) is 54.6 Å². The fraction of sp³-hybridized carbons (Fsp3) is 0.412. The Hall–Kier alpha value is -1.39. The van der Waals surface area contributed by atoms with Crippen LogP contribution in [0, 0.1) is 5.82 Å². The van der Waals surface area contributed by atoms with Crippen LogP contribution in [0.25, 0.3) is 0 Å². The van der Waals surface area contributed by atoms with Crippen LogP contribution in [-0.4, -0.2) is 12.6 Å². The molecule has 1 N–H and O–H groups in total. The molecule has 0 bridgehead atoms. The molecule has 4 heteroatoms. The van der Waals surface area contributed by atoms with Gasteiger partial charge in [-0.1, -0.05) is 13.0 Å². The van der Waals surface area contributed by atoms with Gasteiger partial charge in [0.15, 0.2) is 0 Å². The Bertz CT molecular complexity index is 578. The molecular formula is C17H21FN2S. The molecule has 1 aliphatic rings. The third kappa shape index (κ3) is 3.63. The lowest BCUT2D eigenvalue weighted by atomic mass is 10.1. The van der Waals surface area contributed by atoms with Gasteiger partial charge in [-0.25, -0.2) is 4.39 Å². The van der Waals surface area contributed by atoms with Crippen molar-refractivity contribution in [3.05, 3.63) is 52.0 Å². The molecule has 0 aliphatic heterocycles. The highest BCUT2D eigenvalue weighted by Crippen LogP contribution is 2.35. The standard InChI is InChI=1S/C17H21FN2S/c1-2-19-11-13-10-14(18)5-8-17(13)20(15-6-7-15)12-16-4-3-9-21-16/h3-5,8-10,15,19H,2,6-7,11-12H2,1H3. The first-order chi connectivity index (χ1) is 10.3. The summed E-state index contributed by atoms with van der Waals surface area (Å²) < 4.78 is 13.6. The number of anilines is 1. The summed E-state index contributed by atoms with van der Waals surface area (Å²) in [6, 6.07) is 10.1. The number of nitrogens with zero attached hydrogens (tertiary/aromatic N) is 1. The van der Waals surface area contributed by atoms with Crippen LogP contribution < -0.4 is 10.2 Å². The van der Waals surface area contributed by atoms with E-state index in [1.807, 2.05) is 6.07 Å². The van der Waals surface area contributed by atoms with Gasteiger partial charge in [0, 0.05) is 23.2 Å². The Morgan fingerprint density at radius 1 is 1.33 bits per heavy atom. The average Bonchev–Trinajstić information content (AvgIpc) is 3.20. The van der Waals surface area contributed by atoms with E-state index in [2.05, 4.69) is 34.7 Å². The number of benzene rings is 1. The summed E-state index contributed by atoms with van der Waals surface area (Å²) in [7, 11) is 0. The first kappa shape index (κ1) is 14.5. The van der Waals surface area contributed by atoms with Gasteiger partial charge in [0.1, 0.15) is 5.82 Å². The Balaban J connectivity index is 1.87. The normalized spacial score (nSPS) is 14.4. The second kappa shape index (κ2) is 6.58. The molecule has 0 radical (unpaired) electrons. The zero-order chi connectivity index (χ0) is 14.7. The van der Waals surface area contributed by atoms with Crippen molar-refractivity contribution >= 4 is 17.0 Å². The first-order valence-electron chi connectivity index (χ1n) is 7.56. The van der Waals surface area contributed by atoms with Crippen LogP contribution in [-0.2, 0) is 13.1 Å². The zero-order valence-electron chi connectivity index (χ0n) is 12.3. The van der Waals surface area contributed by atoms with Crippen LogP contribution >= 0.6 is 11.3 Å². The molecule has 1 saturated carbocycles. The largest absolute Gasteiger partial charge is 0.363 e. The molecule has 0 unspecified atom stereocenters. The molecule has 1 aromatic heterocycles. The molecule has 2 nitrogen and oxygen atoms in total. The fourth-order valence-electron chi connectivity index (χ4n) is 2.60. The van der Waals surface area contributed by atoms with Crippen molar-refractivity contribution in [1.29, 1.82) is 0 Å². The summed E-state index contributed by atoms with van der Waals surface area (Å²) >= 11 is 1.79. The summed E-state index contributed by atoms with van der Waals surface area (Å²) in [5.41, 5.74) is 2.23. The van der Waals surface area contributed by atoms with Crippen molar-refractivity contribution in [3.8, 4) is 0 Å². The second-order valence-corrected chi connectivity index (χ2v) is 6.52. The summed E-state index contributed by atoms with van der Waals surface area (Å²) in [5.74, 6) is -0.154. The zero-order valence-corrected chi connectivity index (χ0v) is 13.1. The van der Waals surface area contributed by atoms with Gasteiger partial charge in [-0.15, -0.1) is 11.3 Å². The first-order valence-corrected chi connectivity index (χ1v) is 8.44. The third-order valence-electron chi connectivity index (χ3n) is 3.81. The van der Waals surface area contributed by atoms with E-state index >= 15 is 0 Å². The minimum absolute atomic E-state index is 0.154. The highest BCUT2D eigenvalue weighted by Gasteiger charge is 2.30. The Kier molecular flexibility index (Phi) is 4.56.